The fourth-order valence-electron chi connectivity index (χ4n) is 2.23. The number of carbonyl (C=O) groups is 1. The molecule has 2 aromatic heterocycles. The molecule has 0 radical (unpaired) electrons. The highest BCUT2D eigenvalue weighted by molar-refractivity contribution is 5.94. The van der Waals surface area contributed by atoms with Crippen molar-refractivity contribution in [3.63, 3.8) is 0 Å². The van der Waals surface area contributed by atoms with Gasteiger partial charge in [-0.2, -0.15) is 5.10 Å². The molecular weight excluding hydrogens is 357 g/mol. The molecule has 1 aromatic carbocycles. The Kier molecular flexibility index (Phi) is 4.88. The average molecular weight is 369 g/mol. The van der Waals surface area contributed by atoms with Gasteiger partial charge in [-0.25, -0.2) is 19.2 Å². The maximum Gasteiger partial charge on any atom is 0.335 e. The third kappa shape index (κ3) is 3.63. The van der Waals surface area contributed by atoms with Crippen LogP contribution in [-0.4, -0.2) is 31.8 Å². The second-order valence-corrected chi connectivity index (χ2v) is 5.22. The van der Waals surface area contributed by atoms with Crippen molar-refractivity contribution in [3.8, 4) is 11.6 Å². The Hall–Kier alpha value is -4.08. The predicted molar refractivity (Wildman–Crippen MR) is 93.6 cm³/mol. The minimum atomic E-state index is -1.03. The number of amides is 1. The van der Waals surface area contributed by atoms with Crippen molar-refractivity contribution >= 4 is 12.1 Å². The molecule has 0 fully saturated rings. The van der Waals surface area contributed by atoms with E-state index in [0.717, 1.165) is 12.3 Å². The summed E-state index contributed by atoms with van der Waals surface area (Å²) in [6.45, 7) is 0. The fraction of sp³-hybridized carbons (Fsp3) is 0. The number of benzene rings is 1. The van der Waals surface area contributed by atoms with Gasteiger partial charge >= 0.3 is 5.69 Å². The summed E-state index contributed by atoms with van der Waals surface area (Å²) >= 11 is 0. The zero-order valence-electron chi connectivity index (χ0n) is 13.6. The van der Waals surface area contributed by atoms with Gasteiger partial charge < -0.3 is 5.11 Å². The Balaban J connectivity index is 1.96. The number of aromatic amines is 1. The standard InChI is InChI=1S/C17H12FN5O4/c18-12-3-1-2-4-13(12)23-16(26)11(15(25)21-17(23)27)9-20-22-14(24)10-5-7-19-8-6-10/h1-9,26H,(H,22,24)(H,21,25,27)/b20-9+. The molecule has 0 aliphatic carbocycles. The molecule has 0 spiro atoms. The number of aromatic nitrogens is 3. The summed E-state index contributed by atoms with van der Waals surface area (Å²) in [5.41, 5.74) is -0.235. The monoisotopic (exact) mass is 369 g/mol. The Morgan fingerprint density at radius 3 is 2.63 bits per heavy atom. The Morgan fingerprint density at radius 1 is 1.22 bits per heavy atom. The van der Waals surface area contributed by atoms with Gasteiger partial charge in [0.05, 0.1) is 11.9 Å². The van der Waals surface area contributed by atoms with Crippen LogP contribution in [0.1, 0.15) is 15.9 Å². The van der Waals surface area contributed by atoms with Crippen molar-refractivity contribution in [2.24, 2.45) is 5.10 Å². The highest BCUT2D eigenvalue weighted by Crippen LogP contribution is 2.17. The summed E-state index contributed by atoms with van der Waals surface area (Å²) in [6.07, 6.45) is 3.68. The van der Waals surface area contributed by atoms with E-state index in [1.165, 1.54) is 42.7 Å². The minimum Gasteiger partial charge on any atom is -0.493 e. The van der Waals surface area contributed by atoms with Crippen molar-refractivity contribution in [3.05, 3.63) is 86.6 Å². The van der Waals surface area contributed by atoms with Gasteiger partial charge in [0.15, 0.2) is 0 Å². The lowest BCUT2D eigenvalue weighted by Gasteiger charge is -2.10. The van der Waals surface area contributed by atoms with E-state index in [0.29, 0.717) is 4.57 Å². The van der Waals surface area contributed by atoms with Crippen LogP contribution in [0.25, 0.3) is 5.69 Å². The number of nitrogens with one attached hydrogen (secondary N) is 2. The Morgan fingerprint density at radius 2 is 1.93 bits per heavy atom. The summed E-state index contributed by atoms with van der Waals surface area (Å²) in [5, 5.41) is 13.9. The molecular formula is C17H12FN5O4. The van der Waals surface area contributed by atoms with Crippen LogP contribution < -0.4 is 16.7 Å². The number of H-pyrrole nitrogens is 1. The summed E-state index contributed by atoms with van der Waals surface area (Å²) in [7, 11) is 0. The van der Waals surface area contributed by atoms with Crippen LogP contribution >= 0.6 is 0 Å². The zero-order valence-corrected chi connectivity index (χ0v) is 13.6. The van der Waals surface area contributed by atoms with E-state index < -0.39 is 34.4 Å². The van der Waals surface area contributed by atoms with Crippen LogP contribution in [0, 0.1) is 5.82 Å². The van der Waals surface area contributed by atoms with Crippen molar-refractivity contribution in [2.75, 3.05) is 0 Å². The first-order chi connectivity index (χ1) is 13.0. The molecule has 0 unspecified atom stereocenters. The lowest BCUT2D eigenvalue weighted by molar-refractivity contribution is 0.0955. The number of hydrazone groups is 1. The molecule has 10 heteroatoms. The van der Waals surface area contributed by atoms with Crippen molar-refractivity contribution in [1.82, 2.24) is 20.0 Å². The quantitative estimate of drug-likeness (QED) is 0.456. The lowest BCUT2D eigenvalue weighted by atomic mass is 10.2. The van der Waals surface area contributed by atoms with Gasteiger partial charge in [0, 0.05) is 18.0 Å². The predicted octanol–water partition coefficient (Wildman–Crippen LogP) is 0.529. The molecule has 3 aromatic rings. The number of halogens is 1. The molecule has 0 bridgehead atoms. The van der Waals surface area contributed by atoms with Crippen LogP contribution in [0.5, 0.6) is 5.88 Å². The molecule has 3 N–H and O–H groups in total. The maximum atomic E-state index is 14.0. The zero-order chi connectivity index (χ0) is 19.4. The van der Waals surface area contributed by atoms with Gasteiger partial charge in [-0.1, -0.05) is 12.1 Å². The maximum absolute atomic E-state index is 14.0. The highest BCUT2D eigenvalue weighted by atomic mass is 19.1. The number of rotatable bonds is 4. The molecule has 1 amide bonds. The van der Waals surface area contributed by atoms with E-state index in [1.54, 1.807) is 0 Å². The highest BCUT2D eigenvalue weighted by Gasteiger charge is 2.16. The lowest BCUT2D eigenvalue weighted by Crippen LogP contribution is -2.32. The molecule has 27 heavy (non-hydrogen) atoms. The molecule has 3 rings (SSSR count). The van der Waals surface area contributed by atoms with Crippen LogP contribution in [-0.2, 0) is 0 Å². The number of aromatic hydroxyl groups is 1. The van der Waals surface area contributed by atoms with E-state index in [2.05, 4.69) is 15.5 Å². The molecule has 9 nitrogen and oxygen atoms in total. The summed E-state index contributed by atoms with van der Waals surface area (Å²) in [6, 6.07) is 8.11. The van der Waals surface area contributed by atoms with Crippen molar-refractivity contribution < 1.29 is 14.3 Å². The van der Waals surface area contributed by atoms with Crippen LogP contribution in [0.3, 0.4) is 0 Å². The minimum absolute atomic E-state index is 0.258. The largest absolute Gasteiger partial charge is 0.493 e. The summed E-state index contributed by atoms with van der Waals surface area (Å²) < 4.78 is 14.5. The second-order valence-electron chi connectivity index (χ2n) is 5.22. The second kappa shape index (κ2) is 7.44. The van der Waals surface area contributed by atoms with Gasteiger partial charge in [-0.15, -0.1) is 0 Å². The average Bonchev–Trinajstić information content (AvgIpc) is 2.66. The third-order valence-electron chi connectivity index (χ3n) is 3.52. The number of para-hydroxylation sites is 1. The van der Waals surface area contributed by atoms with Gasteiger partial charge in [-0.05, 0) is 24.3 Å². The van der Waals surface area contributed by atoms with E-state index in [1.807, 2.05) is 4.98 Å². The third-order valence-corrected chi connectivity index (χ3v) is 3.52. The van der Waals surface area contributed by atoms with Gasteiger partial charge in [0.2, 0.25) is 5.88 Å². The molecule has 2 heterocycles. The molecule has 0 saturated heterocycles. The van der Waals surface area contributed by atoms with E-state index >= 15 is 0 Å². The summed E-state index contributed by atoms with van der Waals surface area (Å²) in [5.74, 6) is -2.18. The Labute approximate surface area is 150 Å². The van der Waals surface area contributed by atoms with E-state index in [-0.39, 0.29) is 11.3 Å². The molecule has 0 atom stereocenters. The number of carbonyl (C=O) groups excluding carboxylic acids is 1. The van der Waals surface area contributed by atoms with Crippen LogP contribution in [0.2, 0.25) is 0 Å². The number of pyridine rings is 1. The van der Waals surface area contributed by atoms with Crippen LogP contribution in [0.15, 0.2) is 63.5 Å². The van der Waals surface area contributed by atoms with Crippen molar-refractivity contribution in [1.29, 1.82) is 0 Å². The number of nitrogens with zero attached hydrogens (tertiary/aromatic N) is 3. The molecule has 0 aliphatic rings. The first kappa shape index (κ1) is 17.7. The van der Waals surface area contributed by atoms with E-state index in [9.17, 15) is 23.9 Å². The number of hydrogen-bond acceptors (Lipinski definition) is 6. The molecule has 0 saturated carbocycles. The van der Waals surface area contributed by atoms with Gasteiger partial charge in [0.25, 0.3) is 11.5 Å². The van der Waals surface area contributed by atoms with Crippen LogP contribution in [0.4, 0.5) is 4.39 Å². The molecule has 0 aliphatic heterocycles. The Bertz CT molecular complexity index is 1140. The summed E-state index contributed by atoms with van der Waals surface area (Å²) in [4.78, 5) is 41.5. The SMILES string of the molecule is O=C(N/N=C/c1c(O)n(-c2ccccc2F)c(=O)[nH]c1=O)c1ccncc1. The first-order valence-corrected chi connectivity index (χ1v) is 7.55. The molecule has 136 valence electrons. The van der Waals surface area contributed by atoms with Gasteiger partial charge in [-0.3, -0.25) is 19.6 Å². The van der Waals surface area contributed by atoms with Crippen molar-refractivity contribution in [2.45, 2.75) is 0 Å². The number of hydrogen-bond donors (Lipinski definition) is 3. The topological polar surface area (TPSA) is 129 Å². The fourth-order valence-corrected chi connectivity index (χ4v) is 2.23. The first-order valence-electron chi connectivity index (χ1n) is 7.55. The van der Waals surface area contributed by atoms with Gasteiger partial charge in [0.1, 0.15) is 11.4 Å². The normalized spacial score (nSPS) is 10.9. The van der Waals surface area contributed by atoms with E-state index in [4.69, 9.17) is 0 Å². The smallest absolute Gasteiger partial charge is 0.335 e.